The number of hydrogen-bond acceptors (Lipinski definition) is 2. The molecule has 0 aromatic carbocycles. The van der Waals surface area contributed by atoms with E-state index in [1.165, 1.54) is 121 Å². The van der Waals surface area contributed by atoms with Crippen LogP contribution in [0.25, 0.3) is 0 Å². The first-order valence-electron chi connectivity index (χ1n) is 14.6. The molecular formula is C30H50N2. The van der Waals surface area contributed by atoms with E-state index in [-0.39, 0.29) is 0 Å². The van der Waals surface area contributed by atoms with Crippen LogP contribution in [0.4, 0.5) is 0 Å². The summed E-state index contributed by atoms with van der Waals surface area (Å²) in [5.41, 5.74) is 1.42. The molecule has 0 aliphatic heterocycles. The van der Waals surface area contributed by atoms with Crippen LogP contribution in [0.3, 0.4) is 0 Å². The average Bonchev–Trinajstić information content (AvgIpc) is 2.86. The third-order valence-corrected chi connectivity index (χ3v) is 9.62. The van der Waals surface area contributed by atoms with Crippen molar-refractivity contribution in [3.05, 3.63) is 23.8 Å². The lowest BCUT2D eigenvalue weighted by Crippen LogP contribution is -2.25. The second-order valence-corrected chi connectivity index (χ2v) is 11.8. The highest BCUT2D eigenvalue weighted by molar-refractivity contribution is 5.14. The first kappa shape index (κ1) is 24.2. The van der Waals surface area contributed by atoms with Crippen molar-refractivity contribution in [2.24, 2.45) is 23.7 Å². The van der Waals surface area contributed by atoms with Gasteiger partial charge in [-0.25, -0.2) is 9.97 Å². The van der Waals surface area contributed by atoms with Gasteiger partial charge in [0.15, 0.2) is 0 Å². The molecular weight excluding hydrogens is 388 g/mol. The van der Waals surface area contributed by atoms with Gasteiger partial charge in [-0.05, 0) is 99.4 Å². The van der Waals surface area contributed by atoms with Crippen molar-refractivity contribution in [1.29, 1.82) is 0 Å². The summed E-state index contributed by atoms with van der Waals surface area (Å²) in [6, 6.07) is 0. The van der Waals surface area contributed by atoms with E-state index < -0.39 is 0 Å². The highest BCUT2D eigenvalue weighted by Crippen LogP contribution is 2.44. The van der Waals surface area contributed by atoms with Crippen LogP contribution in [-0.4, -0.2) is 9.97 Å². The van der Waals surface area contributed by atoms with Crippen LogP contribution in [0.5, 0.6) is 0 Å². The van der Waals surface area contributed by atoms with Crippen molar-refractivity contribution in [2.75, 3.05) is 0 Å². The lowest BCUT2D eigenvalue weighted by Gasteiger charge is -2.38. The molecule has 0 saturated heterocycles. The van der Waals surface area contributed by atoms with Crippen molar-refractivity contribution in [3.63, 3.8) is 0 Å². The number of hydrogen-bond donors (Lipinski definition) is 0. The Bertz CT molecular complexity index is 629. The summed E-state index contributed by atoms with van der Waals surface area (Å²) < 4.78 is 0. The van der Waals surface area contributed by atoms with Gasteiger partial charge in [0.05, 0.1) is 0 Å². The van der Waals surface area contributed by atoms with Crippen LogP contribution in [0.2, 0.25) is 0 Å². The predicted octanol–water partition coefficient (Wildman–Crippen LogP) is 9.21. The van der Waals surface area contributed by atoms with Crippen molar-refractivity contribution in [3.8, 4) is 0 Å². The Hall–Kier alpha value is -0.920. The van der Waals surface area contributed by atoms with E-state index in [1.807, 2.05) is 0 Å². The lowest BCUT2D eigenvalue weighted by atomic mass is 9.68. The van der Waals surface area contributed by atoms with Crippen LogP contribution in [-0.2, 0) is 0 Å². The molecule has 0 spiro atoms. The molecule has 3 saturated carbocycles. The number of nitrogens with zero attached hydrogens (tertiary/aromatic N) is 2. The van der Waals surface area contributed by atoms with Crippen LogP contribution < -0.4 is 0 Å². The van der Waals surface area contributed by atoms with Gasteiger partial charge in [-0.2, -0.15) is 0 Å². The van der Waals surface area contributed by atoms with Gasteiger partial charge in [0.1, 0.15) is 5.82 Å². The molecule has 0 N–H and O–H groups in total. The Kier molecular flexibility index (Phi) is 9.47. The molecule has 32 heavy (non-hydrogen) atoms. The summed E-state index contributed by atoms with van der Waals surface area (Å²) in [4.78, 5) is 9.77. The van der Waals surface area contributed by atoms with E-state index in [0.717, 1.165) is 29.5 Å². The van der Waals surface area contributed by atoms with Crippen molar-refractivity contribution in [1.82, 2.24) is 9.97 Å². The van der Waals surface area contributed by atoms with Gasteiger partial charge in [-0.15, -0.1) is 0 Å². The van der Waals surface area contributed by atoms with Crippen LogP contribution in [0.1, 0.15) is 153 Å². The highest BCUT2D eigenvalue weighted by Gasteiger charge is 2.31. The molecule has 180 valence electrons. The Labute approximate surface area is 198 Å². The van der Waals surface area contributed by atoms with Crippen molar-refractivity contribution in [2.45, 2.75) is 141 Å². The predicted molar refractivity (Wildman–Crippen MR) is 136 cm³/mol. The molecule has 3 fully saturated rings. The Morgan fingerprint density at radius 1 is 0.594 bits per heavy atom. The fourth-order valence-corrected chi connectivity index (χ4v) is 7.44. The number of aromatic nitrogens is 2. The molecule has 2 heteroatoms. The molecule has 3 aliphatic rings. The maximum Gasteiger partial charge on any atom is 0.131 e. The number of unbranched alkanes of at least 4 members (excludes halogenated alkanes) is 2. The summed E-state index contributed by atoms with van der Waals surface area (Å²) in [6.45, 7) is 4.65. The summed E-state index contributed by atoms with van der Waals surface area (Å²) in [5, 5.41) is 0. The molecule has 0 bridgehead atoms. The summed E-state index contributed by atoms with van der Waals surface area (Å²) in [5.74, 6) is 6.50. The molecule has 3 aliphatic carbocycles. The summed E-state index contributed by atoms with van der Waals surface area (Å²) in [6.07, 6.45) is 30.0. The van der Waals surface area contributed by atoms with Gasteiger partial charge >= 0.3 is 0 Å². The van der Waals surface area contributed by atoms with Gasteiger partial charge in [-0.1, -0.05) is 65.2 Å². The number of rotatable bonds is 9. The SMILES string of the molecule is CCCCCC1CCC(C2CCC(c3cnc(C4CCC(CCC)CC4)nc3)CC2)CC1. The summed E-state index contributed by atoms with van der Waals surface area (Å²) in [7, 11) is 0. The molecule has 1 aromatic heterocycles. The Morgan fingerprint density at radius 3 is 1.72 bits per heavy atom. The third kappa shape index (κ3) is 6.57. The minimum Gasteiger partial charge on any atom is -0.241 e. The van der Waals surface area contributed by atoms with Gasteiger partial charge in [0.25, 0.3) is 0 Å². The fraction of sp³-hybridized carbons (Fsp3) is 0.867. The second-order valence-electron chi connectivity index (χ2n) is 11.8. The van der Waals surface area contributed by atoms with Gasteiger partial charge in [0.2, 0.25) is 0 Å². The smallest absolute Gasteiger partial charge is 0.131 e. The molecule has 0 radical (unpaired) electrons. The molecule has 1 aromatic rings. The van der Waals surface area contributed by atoms with E-state index in [2.05, 4.69) is 26.2 Å². The van der Waals surface area contributed by atoms with E-state index in [4.69, 9.17) is 9.97 Å². The zero-order valence-electron chi connectivity index (χ0n) is 21.2. The zero-order valence-corrected chi connectivity index (χ0v) is 21.2. The maximum absolute atomic E-state index is 4.89. The molecule has 0 atom stereocenters. The van der Waals surface area contributed by atoms with E-state index in [9.17, 15) is 0 Å². The van der Waals surface area contributed by atoms with E-state index in [1.54, 1.807) is 0 Å². The third-order valence-electron chi connectivity index (χ3n) is 9.62. The summed E-state index contributed by atoms with van der Waals surface area (Å²) >= 11 is 0. The van der Waals surface area contributed by atoms with Crippen molar-refractivity contribution >= 4 is 0 Å². The minimum absolute atomic E-state index is 0.616. The Balaban J connectivity index is 1.19. The molecule has 1 heterocycles. The fourth-order valence-electron chi connectivity index (χ4n) is 7.44. The first-order chi connectivity index (χ1) is 15.8. The largest absolute Gasteiger partial charge is 0.241 e. The monoisotopic (exact) mass is 438 g/mol. The quantitative estimate of drug-likeness (QED) is 0.359. The molecule has 0 unspecified atom stereocenters. The van der Waals surface area contributed by atoms with Crippen LogP contribution in [0.15, 0.2) is 12.4 Å². The molecule has 4 rings (SSSR count). The Morgan fingerprint density at radius 2 is 1.12 bits per heavy atom. The second kappa shape index (κ2) is 12.5. The van der Waals surface area contributed by atoms with Gasteiger partial charge in [-0.3, -0.25) is 0 Å². The lowest BCUT2D eigenvalue weighted by molar-refractivity contribution is 0.155. The topological polar surface area (TPSA) is 25.8 Å². The van der Waals surface area contributed by atoms with Gasteiger partial charge < -0.3 is 0 Å². The van der Waals surface area contributed by atoms with Gasteiger partial charge in [0, 0.05) is 18.3 Å². The van der Waals surface area contributed by atoms with E-state index in [0.29, 0.717) is 11.8 Å². The molecule has 0 amide bonds. The minimum atomic E-state index is 0.616. The van der Waals surface area contributed by atoms with E-state index >= 15 is 0 Å². The van der Waals surface area contributed by atoms with Crippen LogP contribution >= 0.6 is 0 Å². The van der Waals surface area contributed by atoms with Crippen LogP contribution in [0, 0.1) is 23.7 Å². The maximum atomic E-state index is 4.89. The zero-order chi connectivity index (χ0) is 22.2. The molecule has 2 nitrogen and oxygen atoms in total. The highest BCUT2D eigenvalue weighted by atomic mass is 14.9. The first-order valence-corrected chi connectivity index (χ1v) is 14.6. The normalized spacial score (nSPS) is 33.8. The average molecular weight is 439 g/mol. The van der Waals surface area contributed by atoms with Crippen molar-refractivity contribution < 1.29 is 0 Å². The standard InChI is InChI=1S/C30H50N2/c1-3-5-6-8-24-9-13-25(14-10-24)26-17-19-27(20-18-26)29-21-31-30(32-22-29)28-15-11-23(7-4-2)12-16-28/h21-28H,3-20H2,1-2H3.